The Morgan fingerprint density at radius 3 is 2.57 bits per heavy atom. The first-order valence-electron chi connectivity index (χ1n) is 18.1. The highest BCUT2D eigenvalue weighted by Gasteiger charge is 2.62. The van der Waals surface area contributed by atoms with Gasteiger partial charge in [0.25, 0.3) is 5.91 Å². The van der Waals surface area contributed by atoms with E-state index in [-0.39, 0.29) is 23.7 Å². The SMILES string of the molecule is COc1ccc2c(C[C@@H]3C[C@H]4C(=O)N[C@]5(C(=O)NS(=O)(=O)C6CC6)C[C@H]5/C=C\CCCCN(C)C(=O)[C@@H]4C3)cc(-n3nc(C)cc3C)nc2c1C. The standard InChI is InChI=1S/C38H48N6O6S/c1-22-16-23(2)44(41-22)33-20-26(29-13-14-32(50-5)24(3)34(29)39-33)17-25-18-30-31(19-25)36(46)43(4)15-9-7-6-8-10-27-21-38(27,40-35(30)45)37(47)42-51(48,49)28-11-12-28/h8,10,13-14,16,20,25,27-28,30-31H,6-7,9,11-12,15,17-19,21H2,1-5H3,(H,40,45)(H,42,47)/b10-8-/t25-,27-,30-,31-,38-/m1/s1. The van der Waals surface area contributed by atoms with Gasteiger partial charge >= 0.3 is 0 Å². The lowest BCUT2D eigenvalue weighted by Crippen LogP contribution is -2.54. The smallest absolute Gasteiger partial charge is 0.259 e. The number of benzene rings is 1. The number of pyridine rings is 1. The van der Waals surface area contributed by atoms with Crippen LogP contribution in [-0.4, -0.2) is 77.3 Å². The lowest BCUT2D eigenvalue weighted by Gasteiger charge is -2.27. The molecule has 3 aliphatic carbocycles. The third-order valence-electron chi connectivity index (χ3n) is 11.3. The van der Waals surface area contributed by atoms with E-state index in [1.165, 1.54) is 0 Å². The molecule has 3 aromatic rings. The highest BCUT2D eigenvalue weighted by Crippen LogP contribution is 2.48. The van der Waals surface area contributed by atoms with Crippen LogP contribution in [0.5, 0.6) is 5.75 Å². The van der Waals surface area contributed by atoms with Crippen molar-refractivity contribution in [1.82, 2.24) is 29.7 Å². The first-order valence-corrected chi connectivity index (χ1v) is 19.7. The Bertz CT molecular complexity index is 2040. The molecule has 4 aliphatic rings. The molecule has 0 unspecified atom stereocenters. The number of methoxy groups -OCH3 is 1. The topological polar surface area (TPSA) is 153 Å². The second kappa shape index (κ2) is 13.4. The normalized spacial score (nSPS) is 27.7. The first kappa shape index (κ1) is 35.2. The van der Waals surface area contributed by atoms with Crippen LogP contribution in [0.15, 0.2) is 36.4 Å². The molecular formula is C38H48N6O6S. The van der Waals surface area contributed by atoms with Gasteiger partial charge < -0.3 is 15.0 Å². The van der Waals surface area contributed by atoms with Gasteiger partial charge in [0.15, 0.2) is 5.82 Å². The van der Waals surface area contributed by atoms with Crippen LogP contribution in [-0.2, 0) is 30.8 Å². The summed E-state index contributed by atoms with van der Waals surface area (Å²) in [5, 5.41) is 8.12. The van der Waals surface area contributed by atoms with E-state index in [1.807, 2.05) is 55.8 Å². The van der Waals surface area contributed by atoms with Crippen LogP contribution < -0.4 is 14.8 Å². The zero-order valence-corrected chi connectivity index (χ0v) is 30.9. The molecule has 0 saturated heterocycles. The first-order chi connectivity index (χ1) is 24.3. The maximum Gasteiger partial charge on any atom is 0.259 e. The number of ether oxygens (including phenoxy) is 1. The van der Waals surface area contributed by atoms with E-state index in [2.05, 4.69) is 16.1 Å². The predicted molar refractivity (Wildman–Crippen MR) is 193 cm³/mol. The van der Waals surface area contributed by atoms with Crippen molar-refractivity contribution in [3.05, 3.63) is 58.9 Å². The van der Waals surface area contributed by atoms with E-state index in [0.29, 0.717) is 50.9 Å². The number of hydrogen-bond donors (Lipinski definition) is 2. The number of allylic oxidation sites excluding steroid dienone is 1. The van der Waals surface area contributed by atoms with Gasteiger partial charge in [-0.15, -0.1) is 0 Å². The minimum Gasteiger partial charge on any atom is -0.496 e. The molecule has 7 rings (SSSR count). The van der Waals surface area contributed by atoms with E-state index in [1.54, 1.807) is 19.1 Å². The summed E-state index contributed by atoms with van der Waals surface area (Å²) in [5.41, 5.74) is 3.24. The van der Waals surface area contributed by atoms with Gasteiger partial charge in [-0.3, -0.25) is 19.1 Å². The highest BCUT2D eigenvalue weighted by molar-refractivity contribution is 7.91. The number of fused-ring (bicyclic) bond motifs is 3. The van der Waals surface area contributed by atoms with E-state index >= 15 is 0 Å². The van der Waals surface area contributed by atoms with Gasteiger partial charge in [-0.05, 0) is 114 Å². The molecule has 0 spiro atoms. The second-order valence-corrected chi connectivity index (χ2v) is 17.1. The highest BCUT2D eigenvalue weighted by atomic mass is 32.2. The predicted octanol–water partition coefficient (Wildman–Crippen LogP) is 4.22. The average molecular weight is 717 g/mol. The lowest BCUT2D eigenvalue weighted by molar-refractivity contribution is -0.140. The molecule has 1 aromatic carbocycles. The Hall–Kier alpha value is -4.26. The Morgan fingerprint density at radius 2 is 1.86 bits per heavy atom. The number of sulfonamides is 1. The van der Waals surface area contributed by atoms with Gasteiger partial charge in [-0.25, -0.2) is 18.1 Å². The molecule has 2 N–H and O–H groups in total. The summed E-state index contributed by atoms with van der Waals surface area (Å²) in [6, 6.07) is 8.02. The fraction of sp³-hybridized carbons (Fsp3) is 0.553. The van der Waals surface area contributed by atoms with Crippen LogP contribution in [0.1, 0.15) is 73.9 Å². The summed E-state index contributed by atoms with van der Waals surface area (Å²) in [4.78, 5) is 48.8. The Labute approximate surface area is 299 Å². The number of carbonyl (C=O) groups is 3. The molecule has 1 aliphatic heterocycles. The van der Waals surface area contributed by atoms with Crippen molar-refractivity contribution in [3.8, 4) is 11.6 Å². The van der Waals surface area contributed by atoms with Crippen molar-refractivity contribution in [3.63, 3.8) is 0 Å². The van der Waals surface area contributed by atoms with Crippen molar-refractivity contribution < 1.29 is 27.5 Å². The maximum absolute atomic E-state index is 14.3. The number of nitrogens with one attached hydrogen (secondary N) is 2. The van der Waals surface area contributed by atoms with E-state index < -0.39 is 38.6 Å². The maximum atomic E-state index is 14.3. The number of carbonyl (C=O) groups excluding carboxylic acids is 3. The summed E-state index contributed by atoms with van der Waals surface area (Å²) in [5.74, 6) is -1.30. The Balaban J connectivity index is 1.22. The van der Waals surface area contributed by atoms with Gasteiger partial charge in [0.05, 0.1) is 23.6 Å². The number of aryl methyl sites for hydroxylation is 3. The van der Waals surface area contributed by atoms with Gasteiger partial charge in [0.1, 0.15) is 11.3 Å². The molecule has 3 fully saturated rings. The minimum absolute atomic E-state index is 0.0185. The Morgan fingerprint density at radius 1 is 1.10 bits per heavy atom. The fourth-order valence-corrected chi connectivity index (χ4v) is 9.61. The molecule has 3 heterocycles. The van der Waals surface area contributed by atoms with Crippen LogP contribution >= 0.6 is 0 Å². The molecule has 3 amide bonds. The summed E-state index contributed by atoms with van der Waals surface area (Å²) in [6.07, 6.45) is 9.31. The van der Waals surface area contributed by atoms with Crippen molar-refractivity contribution in [2.24, 2.45) is 23.7 Å². The number of rotatable bonds is 7. The number of aromatic nitrogens is 3. The van der Waals surface area contributed by atoms with Crippen LogP contribution in [0.25, 0.3) is 16.7 Å². The summed E-state index contributed by atoms with van der Waals surface area (Å²) < 4.78 is 35.3. The zero-order valence-electron chi connectivity index (χ0n) is 30.1. The van der Waals surface area contributed by atoms with Gasteiger partial charge in [-0.1, -0.05) is 12.2 Å². The van der Waals surface area contributed by atoms with Crippen LogP contribution in [0.4, 0.5) is 0 Å². The third-order valence-corrected chi connectivity index (χ3v) is 13.2. The lowest BCUT2D eigenvalue weighted by atomic mass is 9.93. The van der Waals surface area contributed by atoms with Gasteiger partial charge in [-0.2, -0.15) is 5.10 Å². The quantitative estimate of drug-likeness (QED) is 0.345. The van der Waals surface area contributed by atoms with Crippen molar-refractivity contribution in [2.45, 2.75) is 89.3 Å². The van der Waals surface area contributed by atoms with Crippen molar-refractivity contribution in [2.75, 3.05) is 20.7 Å². The summed E-state index contributed by atoms with van der Waals surface area (Å²) in [7, 11) is -0.367. The summed E-state index contributed by atoms with van der Waals surface area (Å²) in [6.45, 7) is 6.52. The molecule has 3 saturated carbocycles. The molecular weight excluding hydrogens is 669 g/mol. The number of hydrogen-bond acceptors (Lipinski definition) is 8. The number of nitrogens with zero attached hydrogens (tertiary/aromatic N) is 4. The molecule has 51 heavy (non-hydrogen) atoms. The largest absolute Gasteiger partial charge is 0.496 e. The Kier molecular flexibility index (Phi) is 9.22. The number of amides is 3. The molecule has 13 heteroatoms. The zero-order chi connectivity index (χ0) is 36.2. The molecule has 2 aromatic heterocycles. The fourth-order valence-electron chi connectivity index (χ4n) is 8.25. The third kappa shape index (κ3) is 6.76. The van der Waals surface area contributed by atoms with Gasteiger partial charge in [0, 0.05) is 48.0 Å². The van der Waals surface area contributed by atoms with Crippen LogP contribution in [0.3, 0.4) is 0 Å². The van der Waals surface area contributed by atoms with E-state index in [0.717, 1.165) is 58.4 Å². The van der Waals surface area contributed by atoms with E-state index in [4.69, 9.17) is 14.8 Å². The molecule has 272 valence electrons. The molecule has 0 bridgehead atoms. The average Bonchev–Trinajstić information content (AvgIpc) is 3.99. The second-order valence-electron chi connectivity index (χ2n) is 15.2. The van der Waals surface area contributed by atoms with Crippen molar-refractivity contribution in [1.29, 1.82) is 0 Å². The molecule has 12 nitrogen and oxygen atoms in total. The van der Waals surface area contributed by atoms with Crippen molar-refractivity contribution >= 4 is 38.6 Å². The van der Waals surface area contributed by atoms with Gasteiger partial charge in [0.2, 0.25) is 21.8 Å². The molecule has 0 radical (unpaired) electrons. The summed E-state index contributed by atoms with van der Waals surface area (Å²) >= 11 is 0. The monoisotopic (exact) mass is 716 g/mol. The van der Waals surface area contributed by atoms with E-state index in [9.17, 15) is 22.8 Å². The minimum atomic E-state index is -3.81. The van der Waals surface area contributed by atoms with Crippen LogP contribution in [0, 0.1) is 44.4 Å². The molecule has 5 atom stereocenters. The van der Waals surface area contributed by atoms with Crippen LogP contribution in [0.2, 0.25) is 0 Å².